The Morgan fingerprint density at radius 2 is 2.35 bits per heavy atom. The Morgan fingerprint density at radius 3 is 3.00 bits per heavy atom. The number of nitrogens with one attached hydrogen (secondary N) is 1. The predicted molar refractivity (Wildman–Crippen MR) is 81.5 cm³/mol. The van der Waals surface area contributed by atoms with Crippen LogP contribution in [-0.4, -0.2) is 33.1 Å². The maximum Gasteiger partial charge on any atom is 0.270 e. The summed E-state index contributed by atoms with van der Waals surface area (Å²) in [6, 6.07) is 5.06. The van der Waals surface area contributed by atoms with Gasteiger partial charge < -0.3 is 14.6 Å². The molecule has 1 aliphatic heterocycles. The molecule has 23 heavy (non-hydrogen) atoms. The molecule has 0 unspecified atom stereocenters. The summed E-state index contributed by atoms with van der Waals surface area (Å²) in [5.74, 6) is 0.518. The number of imidazole rings is 1. The number of nitriles is 1. The van der Waals surface area contributed by atoms with Crippen LogP contribution in [0.4, 0.5) is 0 Å². The molecule has 1 amide bonds. The van der Waals surface area contributed by atoms with Gasteiger partial charge in [-0.1, -0.05) is 0 Å². The van der Waals surface area contributed by atoms with Gasteiger partial charge in [0.2, 0.25) is 0 Å². The van der Waals surface area contributed by atoms with E-state index in [1.165, 1.54) is 0 Å². The van der Waals surface area contributed by atoms with Crippen molar-refractivity contribution < 1.29 is 9.53 Å². The average molecular weight is 311 g/mol. The number of hydrogen-bond acceptors (Lipinski definition) is 5. The SMILES string of the molecule is Cc1nc(C(=O)N[C@H]2CCO[C@@H]2c2nccn2C)ccc1C#N. The summed E-state index contributed by atoms with van der Waals surface area (Å²) in [7, 11) is 1.90. The number of ether oxygens (including phenoxy) is 1. The molecule has 3 heterocycles. The van der Waals surface area contributed by atoms with E-state index in [1.807, 2.05) is 23.9 Å². The minimum absolute atomic E-state index is 0.152. The third-order valence-corrected chi connectivity index (χ3v) is 3.96. The van der Waals surface area contributed by atoms with Gasteiger partial charge in [-0.15, -0.1) is 0 Å². The van der Waals surface area contributed by atoms with E-state index < -0.39 is 0 Å². The number of carbonyl (C=O) groups excluding carboxylic acids is 1. The Kier molecular flexibility index (Phi) is 4.08. The highest BCUT2D eigenvalue weighted by Gasteiger charge is 2.33. The van der Waals surface area contributed by atoms with Crippen LogP contribution >= 0.6 is 0 Å². The molecule has 2 aromatic rings. The zero-order valence-corrected chi connectivity index (χ0v) is 13.0. The van der Waals surface area contributed by atoms with Crippen LogP contribution in [0.1, 0.15) is 40.1 Å². The van der Waals surface area contributed by atoms with Crippen LogP contribution in [0.2, 0.25) is 0 Å². The molecule has 3 rings (SSSR count). The van der Waals surface area contributed by atoms with Crippen molar-refractivity contribution in [3.63, 3.8) is 0 Å². The minimum atomic E-state index is -0.271. The molecule has 0 aromatic carbocycles. The minimum Gasteiger partial charge on any atom is -0.368 e. The molecule has 2 aromatic heterocycles. The largest absolute Gasteiger partial charge is 0.368 e. The van der Waals surface area contributed by atoms with Crippen LogP contribution in [0.25, 0.3) is 0 Å². The van der Waals surface area contributed by atoms with E-state index in [0.29, 0.717) is 23.6 Å². The van der Waals surface area contributed by atoms with E-state index in [0.717, 1.165) is 12.2 Å². The fourth-order valence-corrected chi connectivity index (χ4v) is 2.69. The first-order valence-electron chi connectivity index (χ1n) is 7.37. The summed E-state index contributed by atoms with van der Waals surface area (Å²) >= 11 is 0. The van der Waals surface area contributed by atoms with Gasteiger partial charge in [0.05, 0.1) is 17.3 Å². The van der Waals surface area contributed by atoms with Gasteiger partial charge in [0.25, 0.3) is 5.91 Å². The molecule has 0 radical (unpaired) electrons. The van der Waals surface area contributed by atoms with Crippen molar-refractivity contribution in [1.82, 2.24) is 19.9 Å². The fraction of sp³-hybridized carbons (Fsp3) is 0.375. The zero-order valence-electron chi connectivity index (χ0n) is 13.0. The number of pyridine rings is 1. The first kappa shape index (κ1) is 15.2. The standard InChI is InChI=1S/C16H17N5O2/c1-10-11(9-17)3-4-13(19-10)16(22)20-12-5-8-23-14(12)15-18-6-7-21(15)2/h3-4,6-7,12,14H,5,8H2,1-2H3,(H,20,22)/t12-,14-/m0/s1. The Morgan fingerprint density at radius 1 is 1.52 bits per heavy atom. The van der Waals surface area contributed by atoms with Gasteiger partial charge >= 0.3 is 0 Å². The van der Waals surface area contributed by atoms with Crippen LogP contribution in [0, 0.1) is 18.3 Å². The molecule has 7 nitrogen and oxygen atoms in total. The second-order valence-corrected chi connectivity index (χ2v) is 5.50. The smallest absolute Gasteiger partial charge is 0.270 e. The van der Waals surface area contributed by atoms with Gasteiger partial charge in [0.1, 0.15) is 23.7 Å². The van der Waals surface area contributed by atoms with E-state index in [1.54, 1.807) is 25.3 Å². The van der Waals surface area contributed by atoms with Gasteiger partial charge in [-0.25, -0.2) is 9.97 Å². The molecule has 1 saturated heterocycles. The highest BCUT2D eigenvalue weighted by molar-refractivity contribution is 5.92. The highest BCUT2D eigenvalue weighted by atomic mass is 16.5. The summed E-state index contributed by atoms with van der Waals surface area (Å²) < 4.78 is 7.61. The molecule has 0 spiro atoms. The molecule has 0 saturated carbocycles. The van der Waals surface area contributed by atoms with E-state index in [4.69, 9.17) is 10.00 Å². The molecule has 7 heteroatoms. The Bertz CT molecular complexity index is 777. The Hall–Kier alpha value is -2.72. The maximum atomic E-state index is 12.4. The fourth-order valence-electron chi connectivity index (χ4n) is 2.69. The van der Waals surface area contributed by atoms with Gasteiger partial charge in [0, 0.05) is 26.0 Å². The van der Waals surface area contributed by atoms with Gasteiger partial charge in [-0.3, -0.25) is 4.79 Å². The number of rotatable bonds is 3. The third kappa shape index (κ3) is 2.94. The van der Waals surface area contributed by atoms with Crippen LogP contribution < -0.4 is 5.32 Å². The number of hydrogen-bond donors (Lipinski definition) is 1. The second-order valence-electron chi connectivity index (χ2n) is 5.50. The van der Waals surface area contributed by atoms with Crippen molar-refractivity contribution in [2.75, 3.05) is 6.61 Å². The molecule has 0 aliphatic carbocycles. The molecule has 1 N–H and O–H groups in total. The summed E-state index contributed by atoms with van der Waals surface area (Å²) in [6.07, 6.45) is 4.01. The summed E-state index contributed by atoms with van der Waals surface area (Å²) in [6.45, 7) is 2.28. The number of aromatic nitrogens is 3. The van der Waals surface area contributed by atoms with Crippen LogP contribution in [0.15, 0.2) is 24.5 Å². The van der Waals surface area contributed by atoms with E-state index in [2.05, 4.69) is 15.3 Å². The van der Waals surface area contributed by atoms with Gasteiger partial charge in [-0.2, -0.15) is 5.26 Å². The number of aryl methyl sites for hydroxylation is 2. The molecule has 0 bridgehead atoms. The monoisotopic (exact) mass is 311 g/mol. The highest BCUT2D eigenvalue weighted by Crippen LogP contribution is 2.27. The number of nitrogens with zero attached hydrogens (tertiary/aromatic N) is 4. The van der Waals surface area contributed by atoms with Crippen molar-refractivity contribution in [3.8, 4) is 6.07 Å². The van der Waals surface area contributed by atoms with Crippen molar-refractivity contribution >= 4 is 5.91 Å². The van der Waals surface area contributed by atoms with Gasteiger partial charge in [-0.05, 0) is 25.5 Å². The molecule has 1 aliphatic rings. The van der Waals surface area contributed by atoms with Crippen molar-refractivity contribution in [2.24, 2.45) is 7.05 Å². The average Bonchev–Trinajstić information content (AvgIpc) is 3.15. The summed E-state index contributed by atoms with van der Waals surface area (Å²) in [5.41, 5.74) is 1.31. The Balaban J connectivity index is 1.76. The normalized spacial score (nSPS) is 20.2. The first-order valence-corrected chi connectivity index (χ1v) is 7.37. The second kappa shape index (κ2) is 6.18. The molecule has 118 valence electrons. The number of carbonyl (C=O) groups is 1. The Labute approximate surface area is 133 Å². The summed E-state index contributed by atoms with van der Waals surface area (Å²) in [4.78, 5) is 20.9. The van der Waals surface area contributed by atoms with Crippen LogP contribution in [0.5, 0.6) is 0 Å². The number of amides is 1. The van der Waals surface area contributed by atoms with E-state index >= 15 is 0 Å². The summed E-state index contributed by atoms with van der Waals surface area (Å²) in [5, 5.41) is 11.9. The van der Waals surface area contributed by atoms with E-state index in [-0.39, 0.29) is 18.1 Å². The predicted octanol–water partition coefficient (Wildman–Crippen LogP) is 1.26. The lowest BCUT2D eigenvalue weighted by atomic mass is 10.1. The van der Waals surface area contributed by atoms with Crippen LogP contribution in [-0.2, 0) is 11.8 Å². The van der Waals surface area contributed by atoms with Crippen molar-refractivity contribution in [2.45, 2.75) is 25.5 Å². The lowest BCUT2D eigenvalue weighted by Crippen LogP contribution is -2.38. The zero-order chi connectivity index (χ0) is 16.4. The molecular formula is C16H17N5O2. The quantitative estimate of drug-likeness (QED) is 0.921. The van der Waals surface area contributed by atoms with Gasteiger partial charge in [0.15, 0.2) is 0 Å². The lowest BCUT2D eigenvalue weighted by Gasteiger charge is -2.19. The first-order chi connectivity index (χ1) is 11.1. The third-order valence-electron chi connectivity index (χ3n) is 3.96. The maximum absolute atomic E-state index is 12.4. The van der Waals surface area contributed by atoms with E-state index in [9.17, 15) is 4.79 Å². The molecule has 1 fully saturated rings. The lowest BCUT2D eigenvalue weighted by molar-refractivity contribution is 0.0776. The van der Waals surface area contributed by atoms with Crippen molar-refractivity contribution in [3.05, 3.63) is 47.3 Å². The van der Waals surface area contributed by atoms with Crippen LogP contribution in [0.3, 0.4) is 0 Å². The molecular weight excluding hydrogens is 294 g/mol. The topological polar surface area (TPSA) is 92.8 Å². The van der Waals surface area contributed by atoms with Crippen molar-refractivity contribution in [1.29, 1.82) is 5.26 Å². The molecule has 2 atom stereocenters.